The maximum absolute atomic E-state index is 6.04. The topological polar surface area (TPSA) is 42.2 Å². The molecule has 0 radical (unpaired) electrons. The largest absolute Gasteiger partial charge is 0.330 e. The summed E-state index contributed by atoms with van der Waals surface area (Å²) >= 11 is 0. The van der Waals surface area contributed by atoms with Crippen LogP contribution in [0.5, 0.6) is 0 Å². The fraction of sp³-hybridized carbons (Fsp3) is 0.722. The first-order valence-corrected chi connectivity index (χ1v) is 8.22. The van der Waals surface area contributed by atoms with Gasteiger partial charge >= 0.3 is 0 Å². The molecule has 0 bridgehead atoms. The number of rotatable bonds is 4. The van der Waals surface area contributed by atoms with Crippen LogP contribution in [0.1, 0.15) is 45.7 Å². The molecular weight excluding hydrogens is 258 g/mol. The molecule has 1 aromatic heterocycles. The molecule has 0 aromatic carbocycles. The lowest BCUT2D eigenvalue weighted by atomic mass is 9.67. The van der Waals surface area contributed by atoms with Crippen molar-refractivity contribution in [2.24, 2.45) is 23.0 Å². The van der Waals surface area contributed by atoms with E-state index in [4.69, 9.17) is 5.73 Å². The summed E-state index contributed by atoms with van der Waals surface area (Å²) in [6.07, 6.45) is 5.71. The molecule has 2 rings (SSSR count). The maximum Gasteiger partial charge on any atom is 0.0543 e. The van der Waals surface area contributed by atoms with Crippen molar-refractivity contribution in [3.8, 4) is 0 Å². The number of nitrogens with zero attached hydrogens (tertiary/aromatic N) is 2. The van der Waals surface area contributed by atoms with Crippen molar-refractivity contribution >= 4 is 0 Å². The van der Waals surface area contributed by atoms with E-state index in [2.05, 4.69) is 49.8 Å². The Balaban J connectivity index is 2.06. The summed E-state index contributed by atoms with van der Waals surface area (Å²) in [5.41, 5.74) is 7.58. The summed E-state index contributed by atoms with van der Waals surface area (Å²) in [6.45, 7) is 8.83. The minimum absolute atomic E-state index is 0.393. The van der Waals surface area contributed by atoms with Gasteiger partial charge in [-0.3, -0.25) is 9.88 Å². The molecule has 0 aliphatic heterocycles. The molecule has 0 amide bonds. The number of aromatic nitrogens is 1. The minimum atomic E-state index is 0.393. The molecule has 118 valence electrons. The molecule has 2 N–H and O–H groups in total. The van der Waals surface area contributed by atoms with Gasteiger partial charge in [-0.05, 0) is 62.2 Å². The molecular formula is C18H31N3. The summed E-state index contributed by atoms with van der Waals surface area (Å²) in [6, 6.07) is 6.73. The van der Waals surface area contributed by atoms with Crippen LogP contribution in [0.25, 0.3) is 0 Å². The predicted octanol–water partition coefficient (Wildman–Crippen LogP) is 3.30. The van der Waals surface area contributed by atoms with Crippen LogP contribution in [0.2, 0.25) is 0 Å². The molecule has 1 aromatic rings. The van der Waals surface area contributed by atoms with E-state index in [1.165, 1.54) is 19.3 Å². The Labute approximate surface area is 129 Å². The molecule has 1 aliphatic rings. The molecule has 3 unspecified atom stereocenters. The highest BCUT2D eigenvalue weighted by atomic mass is 15.1. The summed E-state index contributed by atoms with van der Waals surface area (Å²) in [5.74, 6) is 1.41. The average molecular weight is 289 g/mol. The van der Waals surface area contributed by atoms with Crippen molar-refractivity contribution in [2.75, 3.05) is 13.6 Å². The van der Waals surface area contributed by atoms with Gasteiger partial charge in [-0.1, -0.05) is 26.8 Å². The number of pyridine rings is 1. The lowest BCUT2D eigenvalue weighted by Gasteiger charge is -2.45. The van der Waals surface area contributed by atoms with Crippen LogP contribution in [0.3, 0.4) is 0 Å². The standard InChI is InChI=1S/C18H31N3/c1-18(2,3)15-9-8-14(12-19)17(11-15)21(4)13-16-7-5-6-10-20-16/h5-7,10,14-15,17H,8-9,11-13,19H2,1-4H3. The monoisotopic (exact) mass is 289 g/mol. The lowest BCUT2D eigenvalue weighted by molar-refractivity contribution is 0.0549. The van der Waals surface area contributed by atoms with Gasteiger partial charge in [0.1, 0.15) is 0 Å². The first-order valence-electron chi connectivity index (χ1n) is 8.22. The summed E-state index contributed by atoms with van der Waals surface area (Å²) in [7, 11) is 2.23. The molecule has 0 spiro atoms. The van der Waals surface area contributed by atoms with Crippen LogP contribution in [-0.2, 0) is 6.54 Å². The van der Waals surface area contributed by atoms with E-state index in [0.717, 1.165) is 24.7 Å². The summed E-state index contributed by atoms with van der Waals surface area (Å²) in [5, 5.41) is 0. The summed E-state index contributed by atoms with van der Waals surface area (Å²) in [4.78, 5) is 6.93. The van der Waals surface area contributed by atoms with Crippen LogP contribution in [0, 0.1) is 17.3 Å². The van der Waals surface area contributed by atoms with Gasteiger partial charge in [0.05, 0.1) is 5.69 Å². The van der Waals surface area contributed by atoms with Crippen LogP contribution >= 0.6 is 0 Å². The van der Waals surface area contributed by atoms with Gasteiger partial charge in [0.15, 0.2) is 0 Å². The third-order valence-corrected chi connectivity index (χ3v) is 5.19. The Morgan fingerprint density at radius 1 is 1.29 bits per heavy atom. The fourth-order valence-electron chi connectivity index (χ4n) is 3.68. The van der Waals surface area contributed by atoms with Gasteiger partial charge in [-0.15, -0.1) is 0 Å². The van der Waals surface area contributed by atoms with Gasteiger partial charge in [-0.2, -0.15) is 0 Å². The normalized spacial score (nSPS) is 27.0. The number of hydrogen-bond acceptors (Lipinski definition) is 3. The molecule has 1 heterocycles. The van der Waals surface area contributed by atoms with Gasteiger partial charge < -0.3 is 5.73 Å². The van der Waals surface area contributed by atoms with Crippen molar-refractivity contribution in [2.45, 2.75) is 52.6 Å². The fourth-order valence-corrected chi connectivity index (χ4v) is 3.68. The number of nitrogens with two attached hydrogens (primary N) is 1. The van der Waals surface area contributed by atoms with Crippen molar-refractivity contribution < 1.29 is 0 Å². The summed E-state index contributed by atoms with van der Waals surface area (Å²) < 4.78 is 0. The van der Waals surface area contributed by atoms with Crippen molar-refractivity contribution in [1.82, 2.24) is 9.88 Å². The van der Waals surface area contributed by atoms with Crippen LogP contribution < -0.4 is 5.73 Å². The predicted molar refractivity (Wildman–Crippen MR) is 88.8 cm³/mol. The van der Waals surface area contributed by atoms with Gasteiger partial charge in [-0.25, -0.2) is 0 Å². The first kappa shape index (κ1) is 16.4. The van der Waals surface area contributed by atoms with E-state index < -0.39 is 0 Å². The highest BCUT2D eigenvalue weighted by Crippen LogP contribution is 2.41. The van der Waals surface area contributed by atoms with E-state index >= 15 is 0 Å². The van der Waals surface area contributed by atoms with E-state index in [-0.39, 0.29) is 0 Å². The second-order valence-corrected chi connectivity index (χ2v) is 7.68. The van der Waals surface area contributed by atoms with Crippen LogP contribution in [-0.4, -0.2) is 29.5 Å². The SMILES string of the molecule is CN(Cc1ccccn1)C1CC(C(C)(C)C)CCC1CN. The van der Waals surface area contributed by atoms with Crippen molar-refractivity contribution in [1.29, 1.82) is 0 Å². The number of hydrogen-bond donors (Lipinski definition) is 1. The van der Waals surface area contributed by atoms with E-state index in [9.17, 15) is 0 Å². The van der Waals surface area contributed by atoms with Gasteiger partial charge in [0.25, 0.3) is 0 Å². The highest BCUT2D eigenvalue weighted by molar-refractivity contribution is 5.04. The van der Waals surface area contributed by atoms with E-state index in [1.54, 1.807) is 0 Å². The Morgan fingerprint density at radius 2 is 2.05 bits per heavy atom. The zero-order valence-electron chi connectivity index (χ0n) is 14.0. The molecule has 1 saturated carbocycles. The second kappa shape index (κ2) is 6.89. The Hall–Kier alpha value is -0.930. The first-order chi connectivity index (χ1) is 9.91. The minimum Gasteiger partial charge on any atom is -0.330 e. The second-order valence-electron chi connectivity index (χ2n) is 7.68. The quantitative estimate of drug-likeness (QED) is 0.924. The van der Waals surface area contributed by atoms with Crippen molar-refractivity contribution in [3.05, 3.63) is 30.1 Å². The van der Waals surface area contributed by atoms with Crippen LogP contribution in [0.15, 0.2) is 24.4 Å². The van der Waals surface area contributed by atoms with Crippen LogP contribution in [0.4, 0.5) is 0 Å². The lowest BCUT2D eigenvalue weighted by Crippen LogP contribution is -2.46. The molecule has 0 saturated heterocycles. The van der Waals surface area contributed by atoms with Gasteiger partial charge in [0.2, 0.25) is 0 Å². The van der Waals surface area contributed by atoms with E-state index in [0.29, 0.717) is 17.4 Å². The van der Waals surface area contributed by atoms with Crippen molar-refractivity contribution in [3.63, 3.8) is 0 Å². The Bertz CT molecular complexity index is 424. The zero-order chi connectivity index (χ0) is 15.5. The average Bonchev–Trinajstić information content (AvgIpc) is 2.46. The Morgan fingerprint density at radius 3 is 2.62 bits per heavy atom. The molecule has 3 heteroatoms. The molecule has 3 atom stereocenters. The van der Waals surface area contributed by atoms with E-state index in [1.807, 2.05) is 12.3 Å². The molecule has 21 heavy (non-hydrogen) atoms. The third kappa shape index (κ3) is 4.27. The maximum atomic E-state index is 6.04. The Kier molecular flexibility index (Phi) is 5.39. The third-order valence-electron chi connectivity index (χ3n) is 5.19. The smallest absolute Gasteiger partial charge is 0.0543 e. The molecule has 1 fully saturated rings. The highest BCUT2D eigenvalue weighted by Gasteiger charge is 2.37. The van der Waals surface area contributed by atoms with Gasteiger partial charge in [0, 0.05) is 18.8 Å². The zero-order valence-corrected chi connectivity index (χ0v) is 14.0. The molecule has 3 nitrogen and oxygen atoms in total. The molecule has 1 aliphatic carbocycles.